The van der Waals surface area contributed by atoms with E-state index in [4.69, 9.17) is 15.6 Å². The first kappa shape index (κ1) is 12.6. The van der Waals surface area contributed by atoms with Gasteiger partial charge in [0.25, 0.3) is 0 Å². The SMILES string of the molecule is Cc1ccc(C(CN)OCCO)cc1Br. The van der Waals surface area contributed by atoms with Crippen LogP contribution in [0.2, 0.25) is 0 Å². The molecule has 0 aliphatic heterocycles. The quantitative estimate of drug-likeness (QED) is 0.860. The number of hydrogen-bond acceptors (Lipinski definition) is 3. The first-order valence-corrected chi connectivity index (χ1v) is 5.67. The molecule has 1 unspecified atom stereocenters. The lowest BCUT2D eigenvalue weighted by atomic mass is 10.1. The molecule has 84 valence electrons. The Morgan fingerprint density at radius 2 is 2.27 bits per heavy atom. The fraction of sp³-hybridized carbons (Fsp3) is 0.455. The van der Waals surface area contributed by atoms with Crippen molar-refractivity contribution < 1.29 is 9.84 Å². The lowest BCUT2D eigenvalue weighted by Crippen LogP contribution is -2.17. The van der Waals surface area contributed by atoms with Gasteiger partial charge in [-0.1, -0.05) is 28.1 Å². The third-order valence-corrected chi connectivity index (χ3v) is 3.05. The fourth-order valence-electron chi connectivity index (χ4n) is 1.30. The lowest BCUT2D eigenvalue weighted by Gasteiger charge is -2.16. The monoisotopic (exact) mass is 273 g/mol. The first-order chi connectivity index (χ1) is 7.19. The highest BCUT2D eigenvalue weighted by atomic mass is 79.9. The van der Waals surface area contributed by atoms with Gasteiger partial charge in [0.05, 0.1) is 19.3 Å². The van der Waals surface area contributed by atoms with E-state index < -0.39 is 0 Å². The minimum Gasteiger partial charge on any atom is -0.394 e. The van der Waals surface area contributed by atoms with Gasteiger partial charge >= 0.3 is 0 Å². The highest BCUT2D eigenvalue weighted by molar-refractivity contribution is 9.10. The van der Waals surface area contributed by atoms with Crippen molar-refractivity contribution in [2.24, 2.45) is 5.73 Å². The Morgan fingerprint density at radius 3 is 2.80 bits per heavy atom. The van der Waals surface area contributed by atoms with Gasteiger partial charge in [0.2, 0.25) is 0 Å². The van der Waals surface area contributed by atoms with Crippen LogP contribution in [0, 0.1) is 6.92 Å². The van der Waals surface area contributed by atoms with Crippen LogP contribution in [-0.4, -0.2) is 24.9 Å². The number of hydrogen-bond donors (Lipinski definition) is 2. The number of halogens is 1. The Balaban J connectivity index is 2.78. The van der Waals surface area contributed by atoms with Crippen LogP contribution < -0.4 is 5.73 Å². The van der Waals surface area contributed by atoms with Gasteiger partial charge in [0, 0.05) is 11.0 Å². The van der Waals surface area contributed by atoms with Crippen molar-refractivity contribution in [3.63, 3.8) is 0 Å². The molecule has 0 amide bonds. The number of rotatable bonds is 5. The summed E-state index contributed by atoms with van der Waals surface area (Å²) in [5.74, 6) is 0. The third kappa shape index (κ3) is 3.57. The van der Waals surface area contributed by atoms with E-state index in [0.29, 0.717) is 13.2 Å². The summed E-state index contributed by atoms with van der Waals surface area (Å²) < 4.78 is 6.47. The number of aliphatic hydroxyl groups excluding tert-OH is 1. The molecule has 0 aliphatic carbocycles. The third-order valence-electron chi connectivity index (χ3n) is 2.19. The van der Waals surface area contributed by atoms with E-state index in [1.807, 2.05) is 25.1 Å². The number of ether oxygens (including phenoxy) is 1. The molecule has 1 rings (SSSR count). The second kappa shape index (κ2) is 6.23. The molecule has 15 heavy (non-hydrogen) atoms. The van der Waals surface area contributed by atoms with Crippen LogP contribution in [0.25, 0.3) is 0 Å². The molecule has 4 heteroatoms. The van der Waals surface area contributed by atoms with E-state index in [1.54, 1.807) is 0 Å². The van der Waals surface area contributed by atoms with Crippen molar-refractivity contribution in [2.75, 3.05) is 19.8 Å². The predicted molar refractivity (Wildman–Crippen MR) is 63.7 cm³/mol. The summed E-state index contributed by atoms with van der Waals surface area (Å²) in [6, 6.07) is 6.02. The normalized spacial score (nSPS) is 12.8. The smallest absolute Gasteiger partial charge is 0.0948 e. The van der Waals surface area contributed by atoms with Crippen LogP contribution in [0.5, 0.6) is 0 Å². The second-order valence-corrected chi connectivity index (χ2v) is 4.18. The fourth-order valence-corrected chi connectivity index (χ4v) is 1.70. The Bertz CT molecular complexity index is 317. The van der Waals surface area contributed by atoms with E-state index in [2.05, 4.69) is 15.9 Å². The van der Waals surface area contributed by atoms with Gasteiger partial charge in [-0.25, -0.2) is 0 Å². The highest BCUT2D eigenvalue weighted by Gasteiger charge is 2.10. The molecule has 1 aromatic carbocycles. The van der Waals surface area contributed by atoms with Crippen LogP contribution in [0.3, 0.4) is 0 Å². The average molecular weight is 274 g/mol. The van der Waals surface area contributed by atoms with Gasteiger partial charge in [-0.05, 0) is 24.1 Å². The molecule has 0 bridgehead atoms. The number of aliphatic hydroxyl groups is 1. The van der Waals surface area contributed by atoms with Crippen LogP contribution in [0.15, 0.2) is 22.7 Å². The Kier molecular flexibility index (Phi) is 5.25. The molecule has 1 atom stereocenters. The number of nitrogens with two attached hydrogens (primary N) is 1. The molecule has 0 saturated heterocycles. The van der Waals surface area contributed by atoms with Crippen LogP contribution in [0.4, 0.5) is 0 Å². The first-order valence-electron chi connectivity index (χ1n) is 4.87. The summed E-state index contributed by atoms with van der Waals surface area (Å²) in [7, 11) is 0. The highest BCUT2D eigenvalue weighted by Crippen LogP contribution is 2.23. The summed E-state index contributed by atoms with van der Waals surface area (Å²) in [5, 5.41) is 8.68. The van der Waals surface area contributed by atoms with Gasteiger partial charge in [0.15, 0.2) is 0 Å². The summed E-state index contributed by atoms with van der Waals surface area (Å²) in [5.41, 5.74) is 7.82. The molecule has 0 aromatic heterocycles. The van der Waals surface area contributed by atoms with Crippen molar-refractivity contribution in [3.05, 3.63) is 33.8 Å². The minimum absolute atomic E-state index is 0.0174. The topological polar surface area (TPSA) is 55.5 Å². The molecule has 0 saturated carbocycles. The molecule has 0 heterocycles. The zero-order valence-corrected chi connectivity index (χ0v) is 10.3. The van der Waals surface area contributed by atoms with Gasteiger partial charge in [-0.15, -0.1) is 0 Å². The Morgan fingerprint density at radius 1 is 1.53 bits per heavy atom. The number of benzene rings is 1. The van der Waals surface area contributed by atoms with Crippen LogP contribution in [-0.2, 0) is 4.74 Å². The van der Waals surface area contributed by atoms with Crippen molar-refractivity contribution in [1.29, 1.82) is 0 Å². The molecule has 3 nitrogen and oxygen atoms in total. The Hall–Kier alpha value is -0.420. The average Bonchev–Trinajstić information content (AvgIpc) is 2.24. The summed E-state index contributed by atoms with van der Waals surface area (Å²) >= 11 is 3.47. The maximum absolute atomic E-state index is 8.68. The second-order valence-electron chi connectivity index (χ2n) is 3.33. The summed E-state index contributed by atoms with van der Waals surface area (Å²) in [4.78, 5) is 0. The van der Waals surface area contributed by atoms with Crippen molar-refractivity contribution in [3.8, 4) is 0 Å². The predicted octanol–water partition coefficient (Wildman–Crippen LogP) is 1.77. The van der Waals surface area contributed by atoms with E-state index >= 15 is 0 Å². The zero-order valence-electron chi connectivity index (χ0n) is 8.74. The van der Waals surface area contributed by atoms with Gasteiger partial charge in [-0.3, -0.25) is 0 Å². The number of aryl methyl sites for hydroxylation is 1. The molecule has 3 N–H and O–H groups in total. The standard InChI is InChI=1S/C11H16BrNO2/c1-8-2-3-9(6-10(8)12)11(7-13)15-5-4-14/h2-3,6,11,14H,4-5,7,13H2,1H3. The largest absolute Gasteiger partial charge is 0.394 e. The van der Waals surface area contributed by atoms with Crippen LogP contribution >= 0.6 is 15.9 Å². The Labute approximate surface area is 98.4 Å². The maximum atomic E-state index is 8.68. The maximum Gasteiger partial charge on any atom is 0.0948 e. The van der Waals surface area contributed by atoms with E-state index in [0.717, 1.165) is 10.0 Å². The van der Waals surface area contributed by atoms with Crippen molar-refractivity contribution in [1.82, 2.24) is 0 Å². The zero-order chi connectivity index (χ0) is 11.3. The van der Waals surface area contributed by atoms with Crippen LogP contribution in [0.1, 0.15) is 17.2 Å². The molecule has 0 fully saturated rings. The van der Waals surface area contributed by atoms with E-state index in [-0.39, 0.29) is 12.7 Å². The van der Waals surface area contributed by atoms with Gasteiger partial charge < -0.3 is 15.6 Å². The molecule has 0 spiro atoms. The minimum atomic E-state index is -0.144. The molecular weight excluding hydrogens is 258 g/mol. The lowest BCUT2D eigenvalue weighted by molar-refractivity contribution is 0.0328. The van der Waals surface area contributed by atoms with Gasteiger partial charge in [-0.2, -0.15) is 0 Å². The van der Waals surface area contributed by atoms with E-state index in [1.165, 1.54) is 5.56 Å². The summed E-state index contributed by atoms with van der Waals surface area (Å²) in [6.45, 7) is 2.77. The van der Waals surface area contributed by atoms with Gasteiger partial charge in [0.1, 0.15) is 0 Å². The van der Waals surface area contributed by atoms with Crippen molar-refractivity contribution in [2.45, 2.75) is 13.0 Å². The summed E-state index contributed by atoms with van der Waals surface area (Å²) in [6.07, 6.45) is -0.144. The molecule has 0 radical (unpaired) electrons. The molecule has 1 aromatic rings. The molecular formula is C11H16BrNO2. The van der Waals surface area contributed by atoms with Crippen molar-refractivity contribution >= 4 is 15.9 Å². The van der Waals surface area contributed by atoms with E-state index in [9.17, 15) is 0 Å². The molecule has 0 aliphatic rings.